The number of aromatic nitrogens is 2. The Morgan fingerprint density at radius 1 is 1.35 bits per heavy atom. The Bertz CT molecular complexity index is 568. The molecule has 0 bridgehead atoms. The van der Waals surface area contributed by atoms with Crippen LogP contribution in [0, 0.1) is 0 Å². The second-order valence-corrected chi connectivity index (χ2v) is 3.61. The van der Waals surface area contributed by atoms with Crippen molar-refractivity contribution in [3.63, 3.8) is 0 Å². The highest BCUT2D eigenvalue weighted by Gasteiger charge is 1.97. The molecule has 6 heteroatoms. The Hall–Kier alpha value is -2.08. The van der Waals surface area contributed by atoms with Gasteiger partial charge in [-0.15, -0.1) is 0 Å². The Morgan fingerprint density at radius 3 is 2.94 bits per heavy atom. The van der Waals surface area contributed by atoms with E-state index in [1.807, 2.05) is 6.07 Å². The van der Waals surface area contributed by atoms with Crippen LogP contribution in [0.3, 0.4) is 0 Å². The first-order valence-electron chi connectivity index (χ1n) is 5.27. The Balaban J connectivity index is 1.82. The van der Waals surface area contributed by atoms with Crippen LogP contribution in [0.2, 0.25) is 0 Å². The van der Waals surface area contributed by atoms with Gasteiger partial charge in [0.2, 0.25) is 0 Å². The molecule has 0 aliphatic carbocycles. The lowest BCUT2D eigenvalue weighted by Crippen LogP contribution is -2.31. The zero-order valence-electron chi connectivity index (χ0n) is 9.18. The minimum absolute atomic E-state index is 0.377. The number of nitrogens with one attached hydrogen (secondary N) is 2. The summed E-state index contributed by atoms with van der Waals surface area (Å²) < 4.78 is 6.38. The van der Waals surface area contributed by atoms with Gasteiger partial charge in [-0.25, -0.2) is 4.79 Å². The largest absolute Gasteiger partial charge is 0.472 e. The van der Waals surface area contributed by atoms with Crippen LogP contribution in [-0.2, 0) is 13.1 Å². The van der Waals surface area contributed by atoms with Crippen molar-refractivity contribution in [3.05, 3.63) is 57.3 Å². The van der Waals surface area contributed by atoms with Gasteiger partial charge in [0.15, 0.2) is 0 Å². The smallest absolute Gasteiger partial charge is 0.328 e. The predicted octanol–water partition coefficient (Wildman–Crippen LogP) is -0.0806. The maximum absolute atomic E-state index is 11.3. The van der Waals surface area contributed by atoms with Crippen LogP contribution in [0.4, 0.5) is 0 Å². The summed E-state index contributed by atoms with van der Waals surface area (Å²) in [6, 6.07) is 3.21. The lowest BCUT2D eigenvalue weighted by atomic mass is 10.3. The van der Waals surface area contributed by atoms with Crippen molar-refractivity contribution in [2.75, 3.05) is 6.54 Å². The average molecular weight is 235 g/mol. The van der Waals surface area contributed by atoms with Crippen molar-refractivity contribution in [2.45, 2.75) is 13.1 Å². The molecule has 0 unspecified atom stereocenters. The van der Waals surface area contributed by atoms with E-state index in [0.717, 1.165) is 5.56 Å². The molecule has 2 aromatic rings. The van der Waals surface area contributed by atoms with E-state index in [9.17, 15) is 9.59 Å². The van der Waals surface area contributed by atoms with E-state index in [0.29, 0.717) is 19.6 Å². The maximum Gasteiger partial charge on any atom is 0.328 e. The standard InChI is InChI=1S/C11H13N3O3/c15-10-1-4-14(11(16)13-10)5-3-12-7-9-2-6-17-8-9/h1-2,4,6,8,12H,3,5,7H2,(H,13,15,16). The number of rotatable bonds is 5. The summed E-state index contributed by atoms with van der Waals surface area (Å²) in [5, 5.41) is 3.17. The monoisotopic (exact) mass is 235 g/mol. The fraction of sp³-hybridized carbons (Fsp3) is 0.273. The summed E-state index contributed by atoms with van der Waals surface area (Å²) in [5.41, 5.74) is 0.291. The Labute approximate surface area is 96.9 Å². The van der Waals surface area contributed by atoms with E-state index in [2.05, 4.69) is 10.3 Å². The van der Waals surface area contributed by atoms with E-state index < -0.39 is 0 Å². The molecule has 0 fully saturated rings. The highest BCUT2D eigenvalue weighted by atomic mass is 16.3. The molecule has 2 aromatic heterocycles. The molecular formula is C11H13N3O3. The van der Waals surface area contributed by atoms with E-state index in [1.165, 1.54) is 16.8 Å². The molecule has 6 nitrogen and oxygen atoms in total. The normalized spacial score (nSPS) is 10.6. The Morgan fingerprint density at radius 2 is 2.24 bits per heavy atom. The Kier molecular flexibility index (Phi) is 3.56. The number of hydrogen-bond acceptors (Lipinski definition) is 4. The summed E-state index contributed by atoms with van der Waals surface area (Å²) in [5.74, 6) is 0. The minimum Gasteiger partial charge on any atom is -0.472 e. The van der Waals surface area contributed by atoms with Crippen molar-refractivity contribution in [1.29, 1.82) is 0 Å². The molecule has 0 aliphatic heterocycles. The van der Waals surface area contributed by atoms with E-state index in [1.54, 1.807) is 12.5 Å². The summed E-state index contributed by atoms with van der Waals surface area (Å²) >= 11 is 0. The van der Waals surface area contributed by atoms with Gasteiger partial charge < -0.3 is 9.73 Å². The molecule has 0 radical (unpaired) electrons. The van der Waals surface area contributed by atoms with Gasteiger partial charge in [0.1, 0.15) is 0 Å². The van der Waals surface area contributed by atoms with E-state index in [-0.39, 0.29) is 11.2 Å². The molecule has 0 saturated heterocycles. The molecule has 2 rings (SSSR count). The molecule has 0 amide bonds. The van der Waals surface area contributed by atoms with Gasteiger partial charge in [0.25, 0.3) is 5.56 Å². The molecular weight excluding hydrogens is 222 g/mol. The third-order valence-electron chi connectivity index (χ3n) is 2.34. The molecule has 0 aliphatic rings. The molecule has 0 saturated carbocycles. The summed E-state index contributed by atoms with van der Waals surface area (Å²) in [6.45, 7) is 1.83. The molecule has 2 heterocycles. The van der Waals surface area contributed by atoms with Gasteiger partial charge in [-0.3, -0.25) is 14.3 Å². The SMILES string of the molecule is O=c1ccn(CCNCc2ccoc2)c(=O)[nH]1. The number of H-pyrrole nitrogens is 1. The number of nitrogens with zero attached hydrogens (tertiary/aromatic N) is 1. The molecule has 90 valence electrons. The first kappa shape index (κ1) is 11.4. The second-order valence-electron chi connectivity index (χ2n) is 3.61. The van der Waals surface area contributed by atoms with E-state index in [4.69, 9.17) is 4.42 Å². The van der Waals surface area contributed by atoms with Gasteiger partial charge in [-0.1, -0.05) is 0 Å². The summed E-state index contributed by atoms with van der Waals surface area (Å²) in [7, 11) is 0. The van der Waals surface area contributed by atoms with Crippen LogP contribution < -0.4 is 16.6 Å². The first-order valence-corrected chi connectivity index (χ1v) is 5.27. The van der Waals surface area contributed by atoms with Crippen molar-refractivity contribution in [2.24, 2.45) is 0 Å². The second kappa shape index (κ2) is 5.31. The molecule has 17 heavy (non-hydrogen) atoms. The van der Waals surface area contributed by atoms with Crippen molar-refractivity contribution >= 4 is 0 Å². The quantitative estimate of drug-likeness (QED) is 0.710. The van der Waals surface area contributed by atoms with E-state index >= 15 is 0 Å². The number of aromatic amines is 1. The lowest BCUT2D eigenvalue weighted by molar-refractivity contribution is 0.551. The fourth-order valence-corrected chi connectivity index (χ4v) is 1.45. The van der Waals surface area contributed by atoms with Gasteiger partial charge in [-0.05, 0) is 6.07 Å². The van der Waals surface area contributed by atoms with Crippen molar-refractivity contribution < 1.29 is 4.42 Å². The maximum atomic E-state index is 11.3. The van der Waals surface area contributed by atoms with Gasteiger partial charge >= 0.3 is 5.69 Å². The molecule has 0 aromatic carbocycles. The highest BCUT2D eigenvalue weighted by Crippen LogP contribution is 1.97. The zero-order chi connectivity index (χ0) is 12.1. The zero-order valence-corrected chi connectivity index (χ0v) is 9.18. The predicted molar refractivity (Wildman–Crippen MR) is 61.7 cm³/mol. The third kappa shape index (κ3) is 3.18. The van der Waals surface area contributed by atoms with Crippen LogP contribution in [0.15, 0.2) is 44.9 Å². The lowest BCUT2D eigenvalue weighted by Gasteiger charge is -2.05. The number of furan rings is 1. The van der Waals surface area contributed by atoms with Crippen molar-refractivity contribution in [3.8, 4) is 0 Å². The van der Waals surface area contributed by atoms with Gasteiger partial charge in [0.05, 0.1) is 12.5 Å². The average Bonchev–Trinajstić information content (AvgIpc) is 2.79. The summed E-state index contributed by atoms with van der Waals surface area (Å²) in [4.78, 5) is 24.4. The van der Waals surface area contributed by atoms with Crippen LogP contribution >= 0.6 is 0 Å². The van der Waals surface area contributed by atoms with Crippen LogP contribution in [0.1, 0.15) is 5.56 Å². The van der Waals surface area contributed by atoms with Crippen LogP contribution in [-0.4, -0.2) is 16.1 Å². The molecule has 0 atom stereocenters. The third-order valence-corrected chi connectivity index (χ3v) is 2.34. The topological polar surface area (TPSA) is 80.0 Å². The fourth-order valence-electron chi connectivity index (χ4n) is 1.45. The molecule has 2 N–H and O–H groups in total. The van der Waals surface area contributed by atoms with Crippen LogP contribution in [0.5, 0.6) is 0 Å². The first-order chi connectivity index (χ1) is 8.25. The minimum atomic E-state index is -0.386. The molecule has 0 spiro atoms. The van der Waals surface area contributed by atoms with Crippen LogP contribution in [0.25, 0.3) is 0 Å². The summed E-state index contributed by atoms with van der Waals surface area (Å²) in [6.07, 6.45) is 4.77. The van der Waals surface area contributed by atoms with Gasteiger partial charge in [-0.2, -0.15) is 0 Å². The van der Waals surface area contributed by atoms with Crippen molar-refractivity contribution in [1.82, 2.24) is 14.9 Å². The number of hydrogen-bond donors (Lipinski definition) is 2. The highest BCUT2D eigenvalue weighted by molar-refractivity contribution is 5.04. The van der Waals surface area contributed by atoms with Gasteiger partial charge in [0, 0.05) is 37.5 Å².